The van der Waals surface area contributed by atoms with Crippen LogP contribution >= 0.6 is 0 Å². The lowest BCUT2D eigenvalue weighted by Crippen LogP contribution is -2.41. The Labute approximate surface area is 184 Å². The molecule has 0 aromatic heterocycles. The van der Waals surface area contributed by atoms with Gasteiger partial charge in [0, 0.05) is 39.3 Å². The van der Waals surface area contributed by atoms with Gasteiger partial charge in [-0.05, 0) is 17.5 Å². The van der Waals surface area contributed by atoms with Crippen LogP contribution in [0, 0.1) is 5.92 Å². The highest BCUT2D eigenvalue weighted by Crippen LogP contribution is 2.32. The van der Waals surface area contributed by atoms with Crippen molar-refractivity contribution in [1.82, 2.24) is 4.90 Å². The smallest absolute Gasteiger partial charge is 0.304 e. The summed E-state index contributed by atoms with van der Waals surface area (Å²) in [5.74, 6) is -0.773. The van der Waals surface area contributed by atoms with Crippen molar-refractivity contribution in [3.63, 3.8) is 0 Å². The Balaban J connectivity index is 1.64. The Hall–Kier alpha value is -2.70. The monoisotopic (exact) mass is 425 g/mol. The molecule has 0 spiro atoms. The average molecular weight is 426 g/mol. The normalized spacial score (nSPS) is 19.7. The van der Waals surface area contributed by atoms with E-state index in [0.29, 0.717) is 26.2 Å². The van der Waals surface area contributed by atoms with Crippen LogP contribution in [0.5, 0.6) is 0 Å². The van der Waals surface area contributed by atoms with Crippen molar-refractivity contribution in [1.29, 1.82) is 0 Å². The molecule has 1 aliphatic heterocycles. The Morgan fingerprint density at radius 3 is 2.23 bits per heavy atom. The highest BCUT2D eigenvalue weighted by atomic mass is 16.6. The summed E-state index contributed by atoms with van der Waals surface area (Å²) in [5.41, 5.74) is 2.25. The molecule has 166 valence electrons. The van der Waals surface area contributed by atoms with Crippen molar-refractivity contribution in [2.45, 2.75) is 52.2 Å². The molecular formula is C25H31NO5. The van der Waals surface area contributed by atoms with Gasteiger partial charge in [-0.3, -0.25) is 14.5 Å². The van der Waals surface area contributed by atoms with Crippen molar-refractivity contribution in [3.05, 3.63) is 71.8 Å². The molecule has 31 heavy (non-hydrogen) atoms. The zero-order valence-electron chi connectivity index (χ0n) is 18.2. The van der Waals surface area contributed by atoms with E-state index in [-0.39, 0.29) is 24.0 Å². The van der Waals surface area contributed by atoms with E-state index in [1.54, 1.807) is 0 Å². The largest absolute Gasteiger partial charge is 0.462 e. The summed E-state index contributed by atoms with van der Waals surface area (Å²) in [6, 6.07) is 20.0. The van der Waals surface area contributed by atoms with Gasteiger partial charge in [-0.1, -0.05) is 60.7 Å². The summed E-state index contributed by atoms with van der Waals surface area (Å²) in [7, 11) is 0. The average Bonchev–Trinajstić information content (AvgIpc) is 3.13. The third kappa shape index (κ3) is 7.19. The first-order valence-electron chi connectivity index (χ1n) is 10.8. The number of ether oxygens (including phenoxy) is 3. The van der Waals surface area contributed by atoms with Crippen LogP contribution < -0.4 is 0 Å². The highest BCUT2D eigenvalue weighted by molar-refractivity contribution is 5.66. The van der Waals surface area contributed by atoms with Gasteiger partial charge in [-0.15, -0.1) is 0 Å². The molecule has 1 saturated heterocycles. The van der Waals surface area contributed by atoms with Crippen LogP contribution in [0.25, 0.3) is 0 Å². The Morgan fingerprint density at radius 2 is 1.61 bits per heavy atom. The van der Waals surface area contributed by atoms with Crippen LogP contribution in [-0.4, -0.2) is 42.3 Å². The van der Waals surface area contributed by atoms with Crippen molar-refractivity contribution >= 4 is 11.9 Å². The number of esters is 2. The predicted octanol–water partition coefficient (Wildman–Crippen LogP) is 3.94. The Bertz CT molecular complexity index is 826. The molecule has 0 saturated carbocycles. The van der Waals surface area contributed by atoms with Gasteiger partial charge in [-0.2, -0.15) is 0 Å². The number of hydrogen-bond acceptors (Lipinski definition) is 6. The van der Waals surface area contributed by atoms with Gasteiger partial charge in [0.15, 0.2) is 6.23 Å². The van der Waals surface area contributed by atoms with E-state index < -0.39 is 6.23 Å². The maximum absolute atomic E-state index is 11.8. The lowest BCUT2D eigenvalue weighted by molar-refractivity contribution is -0.167. The lowest BCUT2D eigenvalue weighted by atomic mass is 9.97. The first-order chi connectivity index (χ1) is 15.0. The van der Waals surface area contributed by atoms with Gasteiger partial charge in [0.1, 0.15) is 6.10 Å². The van der Waals surface area contributed by atoms with Gasteiger partial charge in [0.2, 0.25) is 0 Å². The maximum atomic E-state index is 11.8. The van der Waals surface area contributed by atoms with Gasteiger partial charge in [0.05, 0.1) is 13.2 Å². The zero-order valence-corrected chi connectivity index (χ0v) is 18.2. The minimum atomic E-state index is -0.434. The molecule has 1 fully saturated rings. The van der Waals surface area contributed by atoms with Crippen LogP contribution in [0.3, 0.4) is 0 Å². The van der Waals surface area contributed by atoms with Crippen molar-refractivity contribution < 1.29 is 23.8 Å². The van der Waals surface area contributed by atoms with Crippen molar-refractivity contribution in [2.24, 2.45) is 5.92 Å². The fourth-order valence-corrected chi connectivity index (χ4v) is 4.08. The molecule has 0 N–H and O–H groups in total. The maximum Gasteiger partial charge on any atom is 0.304 e. The topological polar surface area (TPSA) is 65.1 Å². The molecule has 0 radical (unpaired) electrons. The second-order valence-corrected chi connectivity index (χ2v) is 7.88. The molecule has 2 aromatic rings. The fraction of sp³-hybridized carbons (Fsp3) is 0.440. The number of likely N-dealkylation sites (tertiary alicyclic amines) is 1. The highest BCUT2D eigenvalue weighted by Gasteiger charge is 2.42. The number of carbonyl (C=O) groups is 2. The van der Waals surface area contributed by atoms with Gasteiger partial charge in [0.25, 0.3) is 0 Å². The summed E-state index contributed by atoms with van der Waals surface area (Å²) in [5, 5.41) is 0. The Morgan fingerprint density at radius 1 is 0.968 bits per heavy atom. The van der Waals surface area contributed by atoms with E-state index in [2.05, 4.69) is 17.0 Å². The predicted molar refractivity (Wildman–Crippen MR) is 117 cm³/mol. The number of benzene rings is 2. The van der Waals surface area contributed by atoms with Crippen LogP contribution in [0.15, 0.2) is 60.7 Å². The molecule has 3 atom stereocenters. The van der Waals surface area contributed by atoms with Gasteiger partial charge >= 0.3 is 11.9 Å². The van der Waals surface area contributed by atoms with E-state index in [1.807, 2.05) is 48.5 Å². The van der Waals surface area contributed by atoms with Gasteiger partial charge in [-0.25, -0.2) is 0 Å². The van der Waals surface area contributed by atoms with Crippen LogP contribution in [0.4, 0.5) is 0 Å². The molecule has 1 heterocycles. The van der Waals surface area contributed by atoms with Crippen LogP contribution in [0.2, 0.25) is 0 Å². The number of nitrogens with zero attached hydrogens (tertiary/aromatic N) is 1. The number of carbonyl (C=O) groups excluding carboxylic acids is 2. The third-order valence-corrected chi connectivity index (χ3v) is 5.44. The standard InChI is InChI=1S/C25H31NO5/c1-19(27)30-24(14-16-29-18-22-11-7-4-8-12-22)23-13-15-26(25(23)31-20(2)28)17-21-9-5-3-6-10-21/h3-12,23-25H,13-18H2,1-2H3/t23?,24?,25-/m0/s1. The van der Waals surface area contributed by atoms with Crippen molar-refractivity contribution in [3.8, 4) is 0 Å². The molecule has 3 rings (SSSR count). The Kier molecular flexibility index (Phi) is 8.62. The summed E-state index contributed by atoms with van der Waals surface area (Å²) in [6.07, 6.45) is 0.518. The molecule has 0 bridgehead atoms. The fourth-order valence-electron chi connectivity index (χ4n) is 4.08. The first-order valence-corrected chi connectivity index (χ1v) is 10.8. The molecule has 2 aromatic carbocycles. The van der Waals surface area contributed by atoms with Gasteiger partial charge < -0.3 is 14.2 Å². The van der Waals surface area contributed by atoms with E-state index in [1.165, 1.54) is 13.8 Å². The molecule has 6 heteroatoms. The second kappa shape index (κ2) is 11.6. The summed E-state index contributed by atoms with van der Waals surface area (Å²) in [4.78, 5) is 25.7. The molecule has 0 aliphatic carbocycles. The number of rotatable bonds is 10. The van der Waals surface area contributed by atoms with Crippen molar-refractivity contribution in [2.75, 3.05) is 13.2 Å². The lowest BCUT2D eigenvalue weighted by Gasteiger charge is -2.31. The summed E-state index contributed by atoms with van der Waals surface area (Å²) >= 11 is 0. The zero-order chi connectivity index (χ0) is 22.1. The van der Waals surface area contributed by atoms with Crippen LogP contribution in [0.1, 0.15) is 37.8 Å². The quantitative estimate of drug-likeness (QED) is 0.424. The molecular weight excluding hydrogens is 394 g/mol. The SMILES string of the molecule is CC(=O)OC(CCOCc1ccccc1)C1CCN(Cc2ccccc2)[C@H]1OC(C)=O. The second-order valence-electron chi connectivity index (χ2n) is 7.88. The molecule has 0 amide bonds. The van der Waals surface area contributed by atoms with E-state index in [9.17, 15) is 9.59 Å². The minimum absolute atomic E-state index is 0.100. The van der Waals surface area contributed by atoms with E-state index in [0.717, 1.165) is 24.1 Å². The summed E-state index contributed by atoms with van der Waals surface area (Å²) in [6.45, 7) is 5.22. The third-order valence-electron chi connectivity index (χ3n) is 5.44. The van der Waals surface area contributed by atoms with E-state index in [4.69, 9.17) is 14.2 Å². The number of hydrogen-bond donors (Lipinski definition) is 0. The molecule has 2 unspecified atom stereocenters. The minimum Gasteiger partial charge on any atom is -0.462 e. The van der Waals surface area contributed by atoms with E-state index >= 15 is 0 Å². The van der Waals surface area contributed by atoms with Crippen LogP contribution in [-0.2, 0) is 37.0 Å². The summed E-state index contributed by atoms with van der Waals surface area (Å²) < 4.78 is 17.2. The molecule has 1 aliphatic rings. The molecule has 6 nitrogen and oxygen atoms in total. The first kappa shape index (κ1) is 23.0.